The van der Waals surface area contributed by atoms with E-state index in [2.05, 4.69) is 5.32 Å². The molecule has 1 aliphatic rings. The fraction of sp³-hybridized carbons (Fsp3) is 0.438. The summed E-state index contributed by atoms with van der Waals surface area (Å²) < 4.78 is 10.5. The molecule has 23 heavy (non-hydrogen) atoms. The molecule has 1 heterocycles. The maximum atomic E-state index is 11.9. The maximum absolute atomic E-state index is 11.9. The van der Waals surface area contributed by atoms with Gasteiger partial charge in [-0.05, 0) is 12.1 Å². The summed E-state index contributed by atoms with van der Waals surface area (Å²) in [5.74, 6) is 0.568. The number of hydrogen-bond acceptors (Lipinski definition) is 5. The van der Waals surface area contributed by atoms with Crippen molar-refractivity contribution in [2.45, 2.75) is 25.8 Å². The number of carbonyl (C=O) groups excluding carboxylic acids is 3. The predicted molar refractivity (Wildman–Crippen MR) is 82.0 cm³/mol. The van der Waals surface area contributed by atoms with E-state index in [1.807, 2.05) is 0 Å². The van der Waals surface area contributed by atoms with Crippen LogP contribution in [0.5, 0.6) is 11.5 Å². The number of carbonyl (C=O) groups is 3. The molecule has 3 amide bonds. The van der Waals surface area contributed by atoms with Crippen molar-refractivity contribution in [2.75, 3.05) is 20.8 Å². The summed E-state index contributed by atoms with van der Waals surface area (Å²) in [6, 6.07) is 5.37. The van der Waals surface area contributed by atoms with Gasteiger partial charge in [-0.2, -0.15) is 0 Å². The summed E-state index contributed by atoms with van der Waals surface area (Å²) in [5, 5.41) is 2.75. The van der Waals surface area contributed by atoms with Crippen molar-refractivity contribution in [3.05, 3.63) is 23.8 Å². The third-order valence-corrected chi connectivity index (χ3v) is 3.71. The van der Waals surface area contributed by atoms with Gasteiger partial charge in [0, 0.05) is 25.8 Å². The number of likely N-dealkylation sites (tertiary alicyclic amines) is 1. The minimum absolute atomic E-state index is 0.0783. The first-order chi connectivity index (χ1) is 11.1. The SMILES string of the molecule is COc1cccc(OC)c1CNC(=O)CCN1C(=O)CCC1=O. The molecule has 0 aliphatic carbocycles. The maximum Gasteiger partial charge on any atom is 0.229 e. The van der Waals surface area contributed by atoms with Crippen LogP contribution in [0.4, 0.5) is 0 Å². The molecule has 0 spiro atoms. The molecule has 7 nitrogen and oxygen atoms in total. The van der Waals surface area contributed by atoms with Crippen molar-refractivity contribution in [3.63, 3.8) is 0 Å². The van der Waals surface area contributed by atoms with Crippen LogP contribution >= 0.6 is 0 Å². The van der Waals surface area contributed by atoms with Crippen LogP contribution in [0.2, 0.25) is 0 Å². The standard InChI is InChI=1S/C16H20N2O5/c1-22-12-4-3-5-13(23-2)11(12)10-17-14(19)8-9-18-15(20)6-7-16(18)21/h3-5H,6-10H2,1-2H3,(H,17,19). The van der Waals surface area contributed by atoms with Crippen molar-refractivity contribution in [1.29, 1.82) is 0 Å². The second-order valence-corrected chi connectivity index (χ2v) is 5.11. The molecule has 0 unspecified atom stereocenters. The number of ether oxygens (including phenoxy) is 2. The molecule has 0 saturated carbocycles. The Morgan fingerprint density at radius 2 is 1.70 bits per heavy atom. The van der Waals surface area contributed by atoms with E-state index >= 15 is 0 Å². The third-order valence-electron chi connectivity index (χ3n) is 3.71. The molecule has 1 aromatic carbocycles. The molecular formula is C16H20N2O5. The first-order valence-electron chi connectivity index (χ1n) is 7.36. The molecule has 0 aromatic heterocycles. The van der Waals surface area contributed by atoms with Crippen LogP contribution in [0.1, 0.15) is 24.8 Å². The van der Waals surface area contributed by atoms with Crippen LogP contribution in [0, 0.1) is 0 Å². The van der Waals surface area contributed by atoms with E-state index in [0.717, 1.165) is 10.5 Å². The summed E-state index contributed by atoms with van der Waals surface area (Å²) in [6.07, 6.45) is 0.548. The van der Waals surface area contributed by atoms with E-state index in [-0.39, 0.29) is 50.1 Å². The lowest BCUT2D eigenvalue weighted by Gasteiger charge is -2.15. The zero-order valence-electron chi connectivity index (χ0n) is 13.3. The summed E-state index contributed by atoms with van der Waals surface area (Å²) >= 11 is 0. The Morgan fingerprint density at radius 1 is 1.13 bits per heavy atom. The number of imide groups is 1. The molecule has 1 saturated heterocycles. The Labute approximate surface area is 134 Å². The molecule has 1 aromatic rings. The van der Waals surface area contributed by atoms with Gasteiger partial charge in [0.15, 0.2) is 0 Å². The Morgan fingerprint density at radius 3 is 2.22 bits per heavy atom. The molecule has 0 bridgehead atoms. The summed E-state index contributed by atoms with van der Waals surface area (Å²) in [7, 11) is 3.09. The largest absolute Gasteiger partial charge is 0.496 e. The van der Waals surface area contributed by atoms with Crippen molar-refractivity contribution < 1.29 is 23.9 Å². The molecule has 0 atom stereocenters. The average Bonchev–Trinajstić information content (AvgIpc) is 2.88. The van der Waals surface area contributed by atoms with Crippen LogP contribution in [-0.4, -0.2) is 43.4 Å². The molecule has 7 heteroatoms. The average molecular weight is 320 g/mol. The fourth-order valence-electron chi connectivity index (χ4n) is 2.46. The van der Waals surface area contributed by atoms with Gasteiger partial charge in [-0.1, -0.05) is 6.07 Å². The predicted octanol–water partition coefficient (Wildman–Crippen LogP) is 0.859. The lowest BCUT2D eigenvalue weighted by atomic mass is 10.1. The molecule has 1 aliphatic heterocycles. The van der Waals surface area contributed by atoms with Gasteiger partial charge in [0.2, 0.25) is 17.7 Å². The summed E-state index contributed by atoms with van der Waals surface area (Å²) in [4.78, 5) is 36.1. The Balaban J connectivity index is 1.90. The topological polar surface area (TPSA) is 84.9 Å². The highest BCUT2D eigenvalue weighted by molar-refractivity contribution is 6.02. The number of methoxy groups -OCH3 is 2. The van der Waals surface area contributed by atoms with Gasteiger partial charge in [-0.15, -0.1) is 0 Å². The zero-order valence-corrected chi connectivity index (χ0v) is 13.3. The number of benzene rings is 1. The van der Waals surface area contributed by atoms with Gasteiger partial charge in [0.1, 0.15) is 11.5 Å². The second-order valence-electron chi connectivity index (χ2n) is 5.11. The number of nitrogens with one attached hydrogen (secondary N) is 1. The molecule has 1 fully saturated rings. The van der Waals surface area contributed by atoms with Crippen molar-refractivity contribution in [2.24, 2.45) is 0 Å². The van der Waals surface area contributed by atoms with E-state index in [4.69, 9.17) is 9.47 Å². The van der Waals surface area contributed by atoms with Crippen LogP contribution in [-0.2, 0) is 20.9 Å². The quantitative estimate of drug-likeness (QED) is 0.753. The lowest BCUT2D eigenvalue weighted by Crippen LogP contribution is -2.34. The Kier molecular flexibility index (Phi) is 5.56. The van der Waals surface area contributed by atoms with Gasteiger partial charge in [0.25, 0.3) is 0 Å². The van der Waals surface area contributed by atoms with E-state index in [9.17, 15) is 14.4 Å². The molecule has 0 radical (unpaired) electrons. The van der Waals surface area contributed by atoms with Gasteiger partial charge in [0.05, 0.1) is 26.3 Å². The van der Waals surface area contributed by atoms with E-state index in [1.165, 1.54) is 0 Å². The second kappa shape index (κ2) is 7.62. The first kappa shape index (κ1) is 16.8. The minimum Gasteiger partial charge on any atom is -0.496 e. The number of rotatable bonds is 7. The highest BCUT2D eigenvalue weighted by Gasteiger charge is 2.28. The fourth-order valence-corrected chi connectivity index (χ4v) is 2.46. The number of hydrogen-bond donors (Lipinski definition) is 1. The minimum atomic E-state index is -0.245. The molecule has 1 N–H and O–H groups in total. The summed E-state index contributed by atoms with van der Waals surface area (Å²) in [5.41, 5.74) is 0.735. The van der Waals surface area contributed by atoms with E-state index < -0.39 is 0 Å². The van der Waals surface area contributed by atoms with Crippen molar-refractivity contribution in [1.82, 2.24) is 10.2 Å². The first-order valence-corrected chi connectivity index (χ1v) is 7.36. The van der Waals surface area contributed by atoms with E-state index in [1.54, 1.807) is 32.4 Å². The van der Waals surface area contributed by atoms with Crippen LogP contribution in [0.25, 0.3) is 0 Å². The van der Waals surface area contributed by atoms with E-state index in [0.29, 0.717) is 11.5 Å². The van der Waals surface area contributed by atoms with Gasteiger partial charge < -0.3 is 14.8 Å². The van der Waals surface area contributed by atoms with Gasteiger partial charge >= 0.3 is 0 Å². The zero-order chi connectivity index (χ0) is 16.8. The van der Waals surface area contributed by atoms with Crippen LogP contribution in [0.15, 0.2) is 18.2 Å². The van der Waals surface area contributed by atoms with Crippen molar-refractivity contribution >= 4 is 17.7 Å². The van der Waals surface area contributed by atoms with Crippen LogP contribution < -0.4 is 14.8 Å². The molecular weight excluding hydrogens is 300 g/mol. The van der Waals surface area contributed by atoms with Crippen LogP contribution in [0.3, 0.4) is 0 Å². The highest BCUT2D eigenvalue weighted by atomic mass is 16.5. The smallest absolute Gasteiger partial charge is 0.229 e. The van der Waals surface area contributed by atoms with Gasteiger partial charge in [-0.25, -0.2) is 0 Å². The number of nitrogens with zero attached hydrogens (tertiary/aromatic N) is 1. The highest BCUT2D eigenvalue weighted by Crippen LogP contribution is 2.27. The molecule has 2 rings (SSSR count). The molecule has 124 valence electrons. The van der Waals surface area contributed by atoms with Gasteiger partial charge in [-0.3, -0.25) is 19.3 Å². The lowest BCUT2D eigenvalue weighted by molar-refractivity contribution is -0.138. The Hall–Kier alpha value is -2.57. The Bertz CT molecular complexity index is 576. The normalized spacial score (nSPS) is 14.1. The monoisotopic (exact) mass is 320 g/mol. The number of amides is 3. The van der Waals surface area contributed by atoms with Crippen molar-refractivity contribution in [3.8, 4) is 11.5 Å². The third kappa shape index (κ3) is 4.00. The summed E-state index contributed by atoms with van der Waals surface area (Å²) in [6.45, 7) is 0.362.